The maximum Gasteiger partial charge on any atom is 0.303 e. The molecule has 0 radical (unpaired) electrons. The van der Waals surface area contributed by atoms with Gasteiger partial charge in [0.25, 0.3) is 0 Å². The van der Waals surface area contributed by atoms with Crippen molar-refractivity contribution in [2.45, 2.75) is 58.9 Å². The maximum atomic E-state index is 11.9. The number of amides is 1. The molecule has 1 amide bonds. The van der Waals surface area contributed by atoms with Crippen LogP contribution in [0.2, 0.25) is 0 Å². The van der Waals surface area contributed by atoms with Crippen molar-refractivity contribution in [1.29, 1.82) is 0 Å². The number of nitrogens with zero attached hydrogens (tertiary/aromatic N) is 1. The smallest absolute Gasteiger partial charge is 0.303 e. The van der Waals surface area contributed by atoms with Crippen molar-refractivity contribution in [1.82, 2.24) is 10.3 Å². The molecular weight excluding hydrogens is 276 g/mol. The summed E-state index contributed by atoms with van der Waals surface area (Å²) in [7, 11) is 0. The Morgan fingerprint density at radius 3 is 2.35 bits per heavy atom. The largest absolute Gasteiger partial charge is 0.481 e. The number of thiazole rings is 1. The van der Waals surface area contributed by atoms with E-state index in [-0.39, 0.29) is 12.3 Å². The number of nitrogens with one attached hydrogen (secondary N) is 1. The molecule has 1 aromatic rings. The number of rotatable bonds is 7. The minimum absolute atomic E-state index is 0.0640. The van der Waals surface area contributed by atoms with E-state index in [1.54, 1.807) is 11.3 Å². The van der Waals surface area contributed by atoms with Gasteiger partial charge < -0.3 is 10.4 Å². The molecule has 0 spiro atoms. The molecule has 0 saturated carbocycles. The van der Waals surface area contributed by atoms with Gasteiger partial charge in [0.05, 0.1) is 11.2 Å². The second-order valence-corrected chi connectivity index (χ2v) is 6.64. The molecule has 1 aromatic heterocycles. The molecule has 0 fully saturated rings. The Kier molecular flexibility index (Phi) is 5.68. The summed E-state index contributed by atoms with van der Waals surface area (Å²) in [6, 6.07) is 0. The number of aliphatic carboxylic acids is 1. The monoisotopic (exact) mass is 298 g/mol. The molecule has 1 rings (SSSR count). The number of aromatic nitrogens is 1. The first kappa shape index (κ1) is 16.6. The number of unbranched alkanes of at least 4 members (excludes halogenated alkanes) is 1. The Balaban J connectivity index is 2.49. The summed E-state index contributed by atoms with van der Waals surface area (Å²) in [6.45, 7) is 7.83. The molecule has 0 aromatic carbocycles. The van der Waals surface area contributed by atoms with E-state index in [1.165, 1.54) is 0 Å². The normalized spacial score (nSPS) is 11.4. The van der Waals surface area contributed by atoms with E-state index < -0.39 is 11.5 Å². The predicted octanol–water partition coefficient (Wildman–Crippen LogP) is 2.76. The van der Waals surface area contributed by atoms with Crippen LogP contribution in [0.25, 0.3) is 0 Å². The van der Waals surface area contributed by atoms with E-state index in [4.69, 9.17) is 5.11 Å². The van der Waals surface area contributed by atoms with E-state index in [0.29, 0.717) is 19.3 Å². The van der Waals surface area contributed by atoms with Gasteiger partial charge in [0.1, 0.15) is 5.01 Å². The van der Waals surface area contributed by atoms with Gasteiger partial charge in [-0.1, -0.05) is 0 Å². The summed E-state index contributed by atoms with van der Waals surface area (Å²) in [5.41, 5.74) is 0.502. The summed E-state index contributed by atoms with van der Waals surface area (Å²) < 4.78 is 0. The van der Waals surface area contributed by atoms with Gasteiger partial charge in [0.15, 0.2) is 0 Å². The zero-order valence-corrected chi connectivity index (χ0v) is 13.3. The Labute approximate surface area is 123 Å². The van der Waals surface area contributed by atoms with Crippen LogP contribution in [0, 0.1) is 13.8 Å². The standard InChI is InChI=1S/C14H22N2O3S/c1-9-10(2)20-13(15-9)14(3,4)16-11(17)7-5-6-8-12(18)19/h5-8H2,1-4H3,(H,16,17)(H,18,19). The van der Waals surface area contributed by atoms with Crippen LogP contribution in [0.1, 0.15) is 55.1 Å². The minimum Gasteiger partial charge on any atom is -0.481 e. The lowest BCUT2D eigenvalue weighted by atomic mass is 10.1. The molecule has 2 N–H and O–H groups in total. The SMILES string of the molecule is Cc1nc(C(C)(C)NC(=O)CCCCC(=O)O)sc1C. The third-order valence-electron chi connectivity index (χ3n) is 3.06. The number of carbonyl (C=O) groups is 2. The summed E-state index contributed by atoms with van der Waals surface area (Å²) in [5.74, 6) is -0.884. The van der Waals surface area contributed by atoms with Crippen LogP contribution in [0.3, 0.4) is 0 Å². The van der Waals surface area contributed by atoms with Crippen LogP contribution in [0.15, 0.2) is 0 Å². The van der Waals surface area contributed by atoms with E-state index in [9.17, 15) is 9.59 Å². The lowest BCUT2D eigenvalue weighted by Gasteiger charge is -2.23. The highest BCUT2D eigenvalue weighted by Gasteiger charge is 2.26. The number of carboxylic acid groups (broad SMARTS) is 1. The highest BCUT2D eigenvalue weighted by atomic mass is 32.1. The second kappa shape index (κ2) is 6.83. The van der Waals surface area contributed by atoms with E-state index in [0.717, 1.165) is 15.6 Å². The highest BCUT2D eigenvalue weighted by molar-refractivity contribution is 7.11. The molecule has 5 nitrogen and oxygen atoms in total. The van der Waals surface area contributed by atoms with Crippen molar-refractivity contribution in [2.24, 2.45) is 0 Å². The van der Waals surface area contributed by atoms with Gasteiger partial charge in [-0.15, -0.1) is 11.3 Å². The zero-order chi connectivity index (χ0) is 15.3. The molecular formula is C14H22N2O3S. The molecule has 0 aliphatic rings. The Bertz CT molecular complexity index is 475. The van der Waals surface area contributed by atoms with Crippen molar-refractivity contribution in [3.05, 3.63) is 15.6 Å². The second-order valence-electron chi connectivity index (χ2n) is 5.43. The highest BCUT2D eigenvalue weighted by Crippen LogP contribution is 2.27. The quantitative estimate of drug-likeness (QED) is 0.759. The summed E-state index contributed by atoms with van der Waals surface area (Å²) >= 11 is 1.59. The van der Waals surface area contributed by atoms with Gasteiger partial charge in [-0.3, -0.25) is 9.59 Å². The lowest BCUT2D eigenvalue weighted by molar-refractivity contribution is -0.137. The molecule has 1 heterocycles. The van der Waals surface area contributed by atoms with Crippen LogP contribution in [-0.4, -0.2) is 22.0 Å². The van der Waals surface area contributed by atoms with Gasteiger partial charge in [0.2, 0.25) is 5.91 Å². The molecule has 0 saturated heterocycles. The van der Waals surface area contributed by atoms with E-state index in [1.807, 2.05) is 27.7 Å². The lowest BCUT2D eigenvalue weighted by Crippen LogP contribution is -2.40. The zero-order valence-electron chi connectivity index (χ0n) is 12.4. The number of hydrogen-bond donors (Lipinski definition) is 2. The van der Waals surface area contributed by atoms with Gasteiger partial charge in [-0.2, -0.15) is 0 Å². The first-order chi connectivity index (χ1) is 9.22. The number of aryl methyl sites for hydroxylation is 2. The van der Waals surface area contributed by atoms with Gasteiger partial charge in [-0.05, 0) is 40.5 Å². The molecule has 0 aliphatic heterocycles. The van der Waals surface area contributed by atoms with Crippen LogP contribution in [0.4, 0.5) is 0 Å². The van der Waals surface area contributed by atoms with Gasteiger partial charge in [-0.25, -0.2) is 4.98 Å². The fourth-order valence-corrected chi connectivity index (χ4v) is 2.74. The van der Waals surface area contributed by atoms with Crippen LogP contribution in [-0.2, 0) is 15.1 Å². The van der Waals surface area contributed by atoms with E-state index >= 15 is 0 Å². The minimum atomic E-state index is -0.820. The van der Waals surface area contributed by atoms with E-state index in [2.05, 4.69) is 10.3 Å². The molecule has 6 heteroatoms. The number of carboxylic acids is 1. The third kappa shape index (κ3) is 4.92. The van der Waals surface area contributed by atoms with Crippen molar-refractivity contribution in [3.63, 3.8) is 0 Å². The van der Waals surface area contributed by atoms with Crippen molar-refractivity contribution in [3.8, 4) is 0 Å². The van der Waals surface area contributed by atoms with Crippen molar-refractivity contribution in [2.75, 3.05) is 0 Å². The van der Waals surface area contributed by atoms with Crippen LogP contribution >= 0.6 is 11.3 Å². The Morgan fingerprint density at radius 2 is 1.85 bits per heavy atom. The molecule has 0 atom stereocenters. The molecule has 0 bridgehead atoms. The average molecular weight is 298 g/mol. The number of hydrogen-bond acceptors (Lipinski definition) is 4. The maximum absolute atomic E-state index is 11.9. The van der Waals surface area contributed by atoms with Crippen LogP contribution < -0.4 is 5.32 Å². The van der Waals surface area contributed by atoms with Gasteiger partial charge >= 0.3 is 5.97 Å². The Morgan fingerprint density at radius 1 is 1.25 bits per heavy atom. The first-order valence-electron chi connectivity index (χ1n) is 6.69. The third-order valence-corrected chi connectivity index (χ3v) is 4.46. The molecule has 20 heavy (non-hydrogen) atoms. The van der Waals surface area contributed by atoms with Gasteiger partial charge in [0, 0.05) is 17.7 Å². The first-order valence-corrected chi connectivity index (χ1v) is 7.51. The molecule has 112 valence electrons. The summed E-state index contributed by atoms with van der Waals surface area (Å²) in [6.07, 6.45) is 1.57. The predicted molar refractivity (Wildman–Crippen MR) is 78.9 cm³/mol. The van der Waals surface area contributed by atoms with Crippen LogP contribution in [0.5, 0.6) is 0 Å². The summed E-state index contributed by atoms with van der Waals surface area (Å²) in [4.78, 5) is 27.9. The fourth-order valence-electron chi connectivity index (χ4n) is 1.77. The van der Waals surface area contributed by atoms with Crippen molar-refractivity contribution < 1.29 is 14.7 Å². The average Bonchev–Trinajstić information content (AvgIpc) is 2.65. The molecule has 0 unspecified atom stereocenters. The fraction of sp³-hybridized carbons (Fsp3) is 0.643. The Hall–Kier alpha value is -1.43. The summed E-state index contributed by atoms with van der Waals surface area (Å²) in [5, 5.41) is 12.4. The molecule has 0 aliphatic carbocycles. The van der Waals surface area contributed by atoms with Crippen molar-refractivity contribution >= 4 is 23.2 Å². The topological polar surface area (TPSA) is 79.3 Å². The number of carbonyl (C=O) groups excluding carboxylic acids is 1.